The molecule has 2 fully saturated rings. The quantitative estimate of drug-likeness (QED) is 0.800. The first-order chi connectivity index (χ1) is 9.10. The van der Waals surface area contributed by atoms with Crippen molar-refractivity contribution in [3.8, 4) is 0 Å². The zero-order valence-corrected chi connectivity index (χ0v) is 12.2. The number of hydrogen-bond acceptors (Lipinski definition) is 2. The molecule has 2 nitrogen and oxygen atoms in total. The molecule has 0 amide bonds. The van der Waals surface area contributed by atoms with Crippen LogP contribution in [0.2, 0.25) is 0 Å². The SMILES string of the molecule is CCCC1CC(NCC(F)F)CN(C2CCC2C)C1. The Kier molecular flexibility index (Phi) is 5.58. The first kappa shape index (κ1) is 15.2. The summed E-state index contributed by atoms with van der Waals surface area (Å²) in [5.74, 6) is 1.47. The van der Waals surface area contributed by atoms with Gasteiger partial charge in [-0.25, -0.2) is 8.78 Å². The fourth-order valence-corrected chi connectivity index (χ4v) is 3.72. The number of likely N-dealkylation sites (tertiary alicyclic amines) is 1. The van der Waals surface area contributed by atoms with E-state index in [2.05, 4.69) is 24.1 Å². The van der Waals surface area contributed by atoms with Crippen LogP contribution in [0.25, 0.3) is 0 Å². The van der Waals surface area contributed by atoms with Gasteiger partial charge in [-0.2, -0.15) is 0 Å². The number of hydrogen-bond donors (Lipinski definition) is 1. The Morgan fingerprint density at radius 2 is 2.05 bits per heavy atom. The number of halogens is 2. The van der Waals surface area contributed by atoms with E-state index in [-0.39, 0.29) is 12.6 Å². The summed E-state index contributed by atoms with van der Waals surface area (Å²) in [5, 5.41) is 3.07. The van der Waals surface area contributed by atoms with Crippen LogP contribution < -0.4 is 5.32 Å². The maximum Gasteiger partial charge on any atom is 0.250 e. The predicted molar refractivity (Wildman–Crippen MR) is 74.6 cm³/mol. The Hall–Kier alpha value is -0.220. The molecule has 19 heavy (non-hydrogen) atoms. The van der Waals surface area contributed by atoms with Gasteiger partial charge in [0.15, 0.2) is 0 Å². The molecule has 2 aliphatic rings. The van der Waals surface area contributed by atoms with E-state index in [1.165, 1.54) is 32.2 Å². The van der Waals surface area contributed by atoms with Crippen LogP contribution in [-0.2, 0) is 0 Å². The molecule has 112 valence electrons. The Labute approximate surface area is 115 Å². The lowest BCUT2D eigenvalue weighted by atomic mass is 9.78. The zero-order chi connectivity index (χ0) is 13.8. The summed E-state index contributed by atoms with van der Waals surface area (Å²) in [7, 11) is 0. The maximum absolute atomic E-state index is 12.4. The lowest BCUT2D eigenvalue weighted by Crippen LogP contribution is -2.57. The molecule has 0 aromatic rings. The molecule has 0 aromatic heterocycles. The van der Waals surface area contributed by atoms with Gasteiger partial charge in [0, 0.05) is 25.2 Å². The van der Waals surface area contributed by atoms with Crippen LogP contribution in [0.4, 0.5) is 8.78 Å². The smallest absolute Gasteiger partial charge is 0.250 e. The Bertz CT molecular complexity index is 273. The summed E-state index contributed by atoms with van der Waals surface area (Å²) < 4.78 is 24.7. The number of nitrogens with one attached hydrogen (secondary N) is 1. The average molecular weight is 274 g/mol. The molecule has 1 heterocycles. The number of alkyl halides is 2. The van der Waals surface area contributed by atoms with Crippen molar-refractivity contribution in [3.63, 3.8) is 0 Å². The van der Waals surface area contributed by atoms with E-state index in [0.29, 0.717) is 12.0 Å². The number of rotatable bonds is 6. The molecular formula is C15H28F2N2. The normalized spacial score (nSPS) is 36.5. The molecule has 1 saturated carbocycles. The minimum atomic E-state index is -2.23. The standard InChI is InChI=1S/C15H28F2N2/c1-3-4-12-7-13(18-8-15(16)17)10-19(9-12)14-6-5-11(14)2/h11-15,18H,3-10H2,1-2H3. The van der Waals surface area contributed by atoms with E-state index in [0.717, 1.165) is 18.9 Å². The first-order valence-electron chi connectivity index (χ1n) is 7.85. The van der Waals surface area contributed by atoms with Crippen molar-refractivity contribution >= 4 is 0 Å². The second-order valence-corrected chi connectivity index (χ2v) is 6.46. The van der Waals surface area contributed by atoms with Gasteiger partial charge in [0.25, 0.3) is 6.43 Å². The van der Waals surface area contributed by atoms with E-state index >= 15 is 0 Å². The summed E-state index contributed by atoms with van der Waals surface area (Å²) in [6.45, 7) is 6.51. The second kappa shape index (κ2) is 6.98. The van der Waals surface area contributed by atoms with E-state index in [1.807, 2.05) is 0 Å². The summed E-state index contributed by atoms with van der Waals surface area (Å²) in [6.07, 6.45) is 3.88. The van der Waals surface area contributed by atoms with Crippen molar-refractivity contribution in [3.05, 3.63) is 0 Å². The van der Waals surface area contributed by atoms with Crippen LogP contribution in [0.15, 0.2) is 0 Å². The third-order valence-electron chi connectivity index (χ3n) is 4.87. The van der Waals surface area contributed by atoms with Crippen LogP contribution in [0.5, 0.6) is 0 Å². The summed E-state index contributed by atoms with van der Waals surface area (Å²) in [5.41, 5.74) is 0. The molecule has 4 heteroatoms. The topological polar surface area (TPSA) is 15.3 Å². The van der Waals surface area contributed by atoms with E-state index < -0.39 is 6.43 Å². The Morgan fingerprint density at radius 3 is 2.58 bits per heavy atom. The highest BCUT2D eigenvalue weighted by atomic mass is 19.3. The Balaban J connectivity index is 1.88. The highest BCUT2D eigenvalue weighted by molar-refractivity contribution is 4.92. The van der Waals surface area contributed by atoms with Crippen LogP contribution in [0.3, 0.4) is 0 Å². The molecule has 0 bridgehead atoms. The van der Waals surface area contributed by atoms with Crippen LogP contribution in [0.1, 0.15) is 46.0 Å². The van der Waals surface area contributed by atoms with E-state index in [1.54, 1.807) is 0 Å². The van der Waals surface area contributed by atoms with Crippen molar-refractivity contribution in [1.29, 1.82) is 0 Å². The highest BCUT2D eigenvalue weighted by Gasteiger charge is 2.37. The Morgan fingerprint density at radius 1 is 1.26 bits per heavy atom. The lowest BCUT2D eigenvalue weighted by Gasteiger charge is -2.48. The molecule has 0 radical (unpaired) electrons. The monoisotopic (exact) mass is 274 g/mol. The lowest BCUT2D eigenvalue weighted by molar-refractivity contribution is 0.0178. The molecule has 4 unspecified atom stereocenters. The predicted octanol–water partition coefficient (Wildman–Crippen LogP) is 3.13. The largest absolute Gasteiger partial charge is 0.307 e. The maximum atomic E-state index is 12.4. The van der Waals surface area contributed by atoms with Crippen LogP contribution in [0, 0.1) is 11.8 Å². The molecule has 1 N–H and O–H groups in total. The molecule has 0 aromatic carbocycles. The molecule has 1 aliphatic carbocycles. The van der Waals surface area contributed by atoms with Crippen molar-refractivity contribution in [2.24, 2.45) is 11.8 Å². The van der Waals surface area contributed by atoms with Gasteiger partial charge in [0.1, 0.15) is 0 Å². The van der Waals surface area contributed by atoms with Crippen LogP contribution in [-0.4, -0.2) is 43.0 Å². The molecule has 1 saturated heterocycles. The molecule has 0 spiro atoms. The zero-order valence-electron chi connectivity index (χ0n) is 12.2. The van der Waals surface area contributed by atoms with E-state index in [4.69, 9.17) is 0 Å². The third kappa shape index (κ3) is 4.12. The van der Waals surface area contributed by atoms with Crippen molar-refractivity contribution < 1.29 is 8.78 Å². The van der Waals surface area contributed by atoms with Crippen molar-refractivity contribution in [2.45, 2.75) is 64.5 Å². The molecule has 4 atom stereocenters. The minimum absolute atomic E-state index is 0.155. The van der Waals surface area contributed by atoms with Gasteiger partial charge in [-0.05, 0) is 37.5 Å². The average Bonchev–Trinajstić information content (AvgIpc) is 2.35. The summed E-state index contributed by atoms with van der Waals surface area (Å²) >= 11 is 0. The van der Waals surface area contributed by atoms with E-state index in [9.17, 15) is 8.78 Å². The first-order valence-corrected chi connectivity index (χ1v) is 7.85. The van der Waals surface area contributed by atoms with Crippen molar-refractivity contribution in [1.82, 2.24) is 10.2 Å². The number of nitrogens with zero attached hydrogens (tertiary/aromatic N) is 1. The van der Waals surface area contributed by atoms with Crippen molar-refractivity contribution in [2.75, 3.05) is 19.6 Å². The van der Waals surface area contributed by atoms with Gasteiger partial charge in [0.05, 0.1) is 6.54 Å². The van der Waals surface area contributed by atoms with Gasteiger partial charge in [0.2, 0.25) is 0 Å². The van der Waals surface area contributed by atoms with Gasteiger partial charge in [-0.15, -0.1) is 0 Å². The fourth-order valence-electron chi connectivity index (χ4n) is 3.72. The van der Waals surface area contributed by atoms with Gasteiger partial charge >= 0.3 is 0 Å². The molecule has 1 aliphatic heterocycles. The minimum Gasteiger partial charge on any atom is -0.307 e. The summed E-state index contributed by atoms with van der Waals surface area (Å²) in [4.78, 5) is 2.57. The fraction of sp³-hybridized carbons (Fsp3) is 1.00. The second-order valence-electron chi connectivity index (χ2n) is 6.46. The third-order valence-corrected chi connectivity index (χ3v) is 4.87. The molecular weight excluding hydrogens is 246 g/mol. The number of piperidine rings is 1. The molecule has 2 rings (SSSR count). The van der Waals surface area contributed by atoms with Crippen LogP contribution >= 0.6 is 0 Å². The van der Waals surface area contributed by atoms with Gasteiger partial charge in [-0.1, -0.05) is 20.3 Å². The van der Waals surface area contributed by atoms with Gasteiger partial charge < -0.3 is 5.32 Å². The van der Waals surface area contributed by atoms with Gasteiger partial charge in [-0.3, -0.25) is 4.90 Å². The highest BCUT2D eigenvalue weighted by Crippen LogP contribution is 2.35. The summed E-state index contributed by atoms with van der Waals surface area (Å²) in [6, 6.07) is 0.961.